The van der Waals surface area contributed by atoms with Crippen molar-refractivity contribution < 1.29 is 9.53 Å². The van der Waals surface area contributed by atoms with Crippen molar-refractivity contribution in [1.82, 2.24) is 5.32 Å². The van der Waals surface area contributed by atoms with E-state index in [2.05, 4.69) is 5.32 Å². The Bertz CT molecular complexity index is 170. The van der Waals surface area contributed by atoms with Crippen LogP contribution in [0.2, 0.25) is 0 Å². The van der Waals surface area contributed by atoms with Crippen LogP contribution in [0, 0.1) is 0 Å². The normalized spacial score (nSPS) is 16.4. The van der Waals surface area contributed by atoms with E-state index in [0.29, 0.717) is 19.6 Å². The molecule has 0 atom stereocenters. The van der Waals surface area contributed by atoms with E-state index in [1.165, 1.54) is 0 Å². The topological polar surface area (TPSA) is 64.4 Å². The molecule has 1 aliphatic rings. The van der Waals surface area contributed by atoms with Gasteiger partial charge in [0.15, 0.2) is 0 Å². The van der Waals surface area contributed by atoms with Gasteiger partial charge in [0.2, 0.25) is 5.91 Å². The maximum atomic E-state index is 11.3. The second-order valence-electron chi connectivity index (χ2n) is 3.75. The van der Waals surface area contributed by atoms with Crippen LogP contribution in [0.4, 0.5) is 0 Å². The number of nitrogens with one attached hydrogen (secondary N) is 1. The number of hydrogen-bond donors (Lipinski definition) is 2. The van der Waals surface area contributed by atoms with Crippen LogP contribution >= 0.6 is 0 Å². The Morgan fingerprint density at radius 1 is 1.29 bits per heavy atom. The standard InChI is InChI=1S/C10H20N2O2/c11-6-4-2-1-3-5-10(13)12-9-7-14-8-9/h9H,1-8,11H2,(H,12,13). The third-order valence-electron chi connectivity index (χ3n) is 2.36. The van der Waals surface area contributed by atoms with Crippen LogP contribution in [0.1, 0.15) is 32.1 Å². The van der Waals surface area contributed by atoms with Crippen LogP contribution in [-0.4, -0.2) is 31.7 Å². The molecule has 1 amide bonds. The molecule has 0 unspecified atom stereocenters. The van der Waals surface area contributed by atoms with Gasteiger partial charge in [-0.3, -0.25) is 4.79 Å². The van der Waals surface area contributed by atoms with Crippen LogP contribution in [0.25, 0.3) is 0 Å². The van der Waals surface area contributed by atoms with E-state index in [-0.39, 0.29) is 11.9 Å². The molecule has 14 heavy (non-hydrogen) atoms. The second kappa shape index (κ2) is 6.79. The van der Waals surface area contributed by atoms with E-state index < -0.39 is 0 Å². The lowest BCUT2D eigenvalue weighted by atomic mass is 10.1. The van der Waals surface area contributed by atoms with Gasteiger partial charge in [0.1, 0.15) is 0 Å². The number of hydrogen-bond acceptors (Lipinski definition) is 3. The highest BCUT2D eigenvalue weighted by Crippen LogP contribution is 2.04. The molecule has 4 heteroatoms. The summed E-state index contributed by atoms with van der Waals surface area (Å²) in [5.74, 6) is 0.158. The van der Waals surface area contributed by atoms with Gasteiger partial charge in [-0.2, -0.15) is 0 Å². The molecular formula is C10H20N2O2. The molecule has 0 bridgehead atoms. The van der Waals surface area contributed by atoms with Crippen LogP contribution in [0.15, 0.2) is 0 Å². The van der Waals surface area contributed by atoms with Crippen molar-refractivity contribution in [3.8, 4) is 0 Å². The third kappa shape index (κ3) is 4.58. The number of nitrogens with two attached hydrogens (primary N) is 1. The molecule has 1 saturated heterocycles. The summed E-state index contributed by atoms with van der Waals surface area (Å²) in [6.07, 6.45) is 4.92. The summed E-state index contributed by atoms with van der Waals surface area (Å²) in [7, 11) is 0. The van der Waals surface area contributed by atoms with Crippen LogP contribution in [0.5, 0.6) is 0 Å². The Hall–Kier alpha value is -0.610. The predicted octanol–water partition coefficient (Wildman–Crippen LogP) is 0.411. The monoisotopic (exact) mass is 200 g/mol. The molecule has 0 aromatic carbocycles. The van der Waals surface area contributed by atoms with Crippen LogP contribution < -0.4 is 11.1 Å². The van der Waals surface area contributed by atoms with Crippen molar-refractivity contribution in [2.45, 2.75) is 38.1 Å². The van der Waals surface area contributed by atoms with Gasteiger partial charge in [-0.1, -0.05) is 12.8 Å². The fraction of sp³-hybridized carbons (Fsp3) is 0.900. The molecule has 1 rings (SSSR count). The minimum Gasteiger partial charge on any atom is -0.377 e. The van der Waals surface area contributed by atoms with E-state index >= 15 is 0 Å². The molecule has 0 spiro atoms. The summed E-state index contributed by atoms with van der Waals surface area (Å²) >= 11 is 0. The highest BCUT2D eigenvalue weighted by atomic mass is 16.5. The fourth-order valence-corrected chi connectivity index (χ4v) is 1.40. The van der Waals surface area contributed by atoms with Gasteiger partial charge in [0.25, 0.3) is 0 Å². The highest BCUT2D eigenvalue weighted by molar-refractivity contribution is 5.76. The van der Waals surface area contributed by atoms with Crippen molar-refractivity contribution in [1.29, 1.82) is 0 Å². The van der Waals surface area contributed by atoms with Gasteiger partial charge >= 0.3 is 0 Å². The zero-order valence-corrected chi connectivity index (χ0v) is 8.63. The van der Waals surface area contributed by atoms with E-state index in [4.69, 9.17) is 10.5 Å². The zero-order valence-electron chi connectivity index (χ0n) is 8.63. The van der Waals surface area contributed by atoms with Crippen molar-refractivity contribution in [2.24, 2.45) is 5.73 Å². The van der Waals surface area contributed by atoms with Crippen molar-refractivity contribution in [3.05, 3.63) is 0 Å². The Labute approximate surface area is 85.2 Å². The molecule has 0 aromatic rings. The molecule has 1 fully saturated rings. The maximum Gasteiger partial charge on any atom is 0.220 e. The lowest BCUT2D eigenvalue weighted by Crippen LogP contribution is -2.48. The maximum absolute atomic E-state index is 11.3. The smallest absolute Gasteiger partial charge is 0.220 e. The van der Waals surface area contributed by atoms with Gasteiger partial charge in [-0.15, -0.1) is 0 Å². The largest absolute Gasteiger partial charge is 0.377 e. The van der Waals surface area contributed by atoms with Gasteiger partial charge in [0.05, 0.1) is 19.3 Å². The van der Waals surface area contributed by atoms with Crippen LogP contribution in [-0.2, 0) is 9.53 Å². The molecule has 82 valence electrons. The minimum atomic E-state index is 0.158. The van der Waals surface area contributed by atoms with Gasteiger partial charge in [-0.25, -0.2) is 0 Å². The summed E-state index contributed by atoms with van der Waals surface area (Å²) in [5, 5.41) is 2.92. The van der Waals surface area contributed by atoms with E-state index in [9.17, 15) is 4.79 Å². The quantitative estimate of drug-likeness (QED) is 0.585. The Morgan fingerprint density at radius 3 is 2.57 bits per heavy atom. The second-order valence-corrected chi connectivity index (χ2v) is 3.75. The first-order valence-corrected chi connectivity index (χ1v) is 5.40. The SMILES string of the molecule is NCCCCCCC(=O)NC1COC1. The molecule has 0 aliphatic carbocycles. The first-order valence-electron chi connectivity index (χ1n) is 5.40. The summed E-state index contributed by atoms with van der Waals surface area (Å²) < 4.78 is 4.96. The van der Waals surface area contributed by atoms with Crippen molar-refractivity contribution in [2.75, 3.05) is 19.8 Å². The van der Waals surface area contributed by atoms with Gasteiger partial charge in [-0.05, 0) is 19.4 Å². The number of carbonyl (C=O) groups excluding carboxylic acids is 1. The number of amides is 1. The van der Waals surface area contributed by atoms with E-state index in [1.807, 2.05) is 0 Å². The number of rotatable bonds is 7. The average Bonchev–Trinajstić information content (AvgIpc) is 2.11. The molecular weight excluding hydrogens is 180 g/mol. The van der Waals surface area contributed by atoms with E-state index in [1.54, 1.807) is 0 Å². The van der Waals surface area contributed by atoms with Crippen LogP contribution in [0.3, 0.4) is 0 Å². The van der Waals surface area contributed by atoms with Crippen molar-refractivity contribution in [3.63, 3.8) is 0 Å². The number of ether oxygens (including phenoxy) is 1. The lowest BCUT2D eigenvalue weighted by molar-refractivity contribution is -0.125. The minimum absolute atomic E-state index is 0.158. The van der Waals surface area contributed by atoms with Gasteiger partial charge in [0, 0.05) is 6.42 Å². The summed E-state index contributed by atoms with van der Waals surface area (Å²) in [5.41, 5.74) is 5.37. The first kappa shape index (κ1) is 11.5. The molecule has 0 radical (unpaired) electrons. The molecule has 0 aromatic heterocycles. The lowest BCUT2D eigenvalue weighted by Gasteiger charge is -2.26. The third-order valence-corrected chi connectivity index (χ3v) is 2.36. The van der Waals surface area contributed by atoms with Crippen molar-refractivity contribution >= 4 is 5.91 Å². The summed E-state index contributed by atoms with van der Waals surface area (Å²) in [4.78, 5) is 11.3. The molecule has 4 nitrogen and oxygen atoms in total. The average molecular weight is 200 g/mol. The van der Waals surface area contributed by atoms with E-state index in [0.717, 1.165) is 32.2 Å². The Balaban J connectivity index is 1.87. The van der Waals surface area contributed by atoms with Gasteiger partial charge < -0.3 is 15.8 Å². The molecule has 3 N–H and O–H groups in total. The molecule has 1 heterocycles. The summed E-state index contributed by atoms with van der Waals surface area (Å²) in [6.45, 7) is 2.11. The summed E-state index contributed by atoms with van der Waals surface area (Å²) in [6, 6.07) is 0.270. The number of carbonyl (C=O) groups is 1. The predicted molar refractivity (Wildman–Crippen MR) is 54.9 cm³/mol. The number of unbranched alkanes of at least 4 members (excludes halogenated alkanes) is 3. The zero-order chi connectivity index (χ0) is 10.2. The molecule has 1 aliphatic heterocycles. The fourth-order valence-electron chi connectivity index (χ4n) is 1.40. The molecule has 0 saturated carbocycles. The highest BCUT2D eigenvalue weighted by Gasteiger charge is 2.19. The first-order chi connectivity index (χ1) is 6.83. The Kier molecular flexibility index (Phi) is 5.56. The Morgan fingerprint density at radius 2 is 2.00 bits per heavy atom.